The van der Waals surface area contributed by atoms with Gasteiger partial charge in [0.25, 0.3) is 0 Å². The van der Waals surface area contributed by atoms with Crippen molar-refractivity contribution < 1.29 is 4.74 Å². The molecule has 48 heavy (non-hydrogen) atoms. The first-order valence-electron chi connectivity index (χ1n) is 16.6. The van der Waals surface area contributed by atoms with E-state index >= 15 is 0 Å². The van der Waals surface area contributed by atoms with Crippen molar-refractivity contribution in [1.29, 1.82) is 0 Å². The van der Waals surface area contributed by atoms with E-state index in [2.05, 4.69) is 65.7 Å². The molecule has 2 aliphatic rings. The highest BCUT2D eigenvalue weighted by atomic mass is 32.2. The van der Waals surface area contributed by atoms with E-state index in [0.29, 0.717) is 12.0 Å². The first-order valence-corrected chi connectivity index (χ1v) is 18.7. The second-order valence-corrected chi connectivity index (χ2v) is 14.3. The molecule has 5 aromatic rings. The zero-order valence-electron chi connectivity index (χ0n) is 28.4. The molecule has 0 amide bonds. The molecule has 2 N–H and O–H groups in total. The number of rotatable bonds is 10. The number of piperidine rings is 1. The summed E-state index contributed by atoms with van der Waals surface area (Å²) in [6.45, 7) is 9.03. The van der Waals surface area contributed by atoms with Crippen LogP contribution in [0, 0.1) is 0 Å². The molecule has 0 saturated carbocycles. The highest BCUT2D eigenvalue weighted by Crippen LogP contribution is 2.40. The third-order valence-electron chi connectivity index (χ3n) is 9.65. The first-order chi connectivity index (χ1) is 23.4. The molecule has 0 spiro atoms. The number of aryl methyl sites for hydroxylation is 1. The maximum Gasteiger partial charge on any atom is 0.229 e. The molecule has 5 heterocycles. The molecular weight excluding hydrogens is 641 g/mol. The van der Waals surface area contributed by atoms with Gasteiger partial charge < -0.3 is 29.5 Å². The van der Waals surface area contributed by atoms with Crippen LogP contribution in [0.5, 0.6) is 5.75 Å². The zero-order valence-corrected chi connectivity index (χ0v) is 30.0. The third kappa shape index (κ3) is 6.56. The molecule has 7 rings (SSSR count). The second kappa shape index (κ2) is 14.3. The van der Waals surface area contributed by atoms with Gasteiger partial charge in [-0.3, -0.25) is 14.9 Å². The Morgan fingerprint density at radius 2 is 1.75 bits per heavy atom. The van der Waals surface area contributed by atoms with E-state index in [1.807, 2.05) is 36.9 Å². The van der Waals surface area contributed by atoms with Crippen molar-refractivity contribution >= 4 is 79.1 Å². The molecule has 13 heteroatoms. The fraction of sp³-hybridized carbons (Fsp3) is 0.429. The average Bonchev–Trinajstić information content (AvgIpc) is 3.60. The van der Waals surface area contributed by atoms with Crippen molar-refractivity contribution in [2.75, 3.05) is 86.6 Å². The number of methoxy groups -OCH3 is 1. The lowest BCUT2D eigenvalue weighted by Crippen LogP contribution is -2.52. The van der Waals surface area contributed by atoms with Gasteiger partial charge >= 0.3 is 0 Å². The molecule has 11 nitrogen and oxygen atoms in total. The number of fused-ring (bicyclic) bond motifs is 2. The van der Waals surface area contributed by atoms with Crippen LogP contribution in [0.25, 0.3) is 21.3 Å². The number of aromatic nitrogens is 4. The minimum absolute atomic E-state index is 0.504. The Kier molecular flexibility index (Phi) is 9.71. The van der Waals surface area contributed by atoms with E-state index in [0.717, 1.165) is 69.4 Å². The van der Waals surface area contributed by atoms with Crippen LogP contribution in [0.3, 0.4) is 0 Å². The van der Waals surface area contributed by atoms with Gasteiger partial charge in [0.1, 0.15) is 11.3 Å². The number of thiophene rings is 1. The largest absolute Gasteiger partial charge is 0.494 e. The summed E-state index contributed by atoms with van der Waals surface area (Å²) < 4.78 is 9.05. The Balaban J connectivity index is 1.16. The minimum Gasteiger partial charge on any atom is -0.494 e. The SMILES string of the molecule is CCc1cc(Nc2nc(Nc3ccc4nccnc4c3N(C)SC)c3sccc3n2)c(OC)cc1N1CCC(N2CCN(C)CC2)CC1. The highest BCUT2D eigenvalue weighted by molar-refractivity contribution is 7.99. The van der Waals surface area contributed by atoms with Gasteiger partial charge in [-0.25, -0.2) is 4.98 Å². The van der Waals surface area contributed by atoms with Gasteiger partial charge in [-0.15, -0.1) is 11.3 Å². The van der Waals surface area contributed by atoms with Gasteiger partial charge in [-0.05, 0) is 61.5 Å². The van der Waals surface area contributed by atoms with Crippen molar-refractivity contribution in [3.05, 3.63) is 53.7 Å². The third-order valence-corrected chi connectivity index (χ3v) is 11.3. The Morgan fingerprint density at radius 3 is 2.50 bits per heavy atom. The van der Waals surface area contributed by atoms with Gasteiger partial charge in [0.15, 0.2) is 5.82 Å². The van der Waals surface area contributed by atoms with E-state index in [9.17, 15) is 0 Å². The molecule has 2 aliphatic heterocycles. The fourth-order valence-corrected chi connectivity index (χ4v) is 8.05. The van der Waals surface area contributed by atoms with Crippen LogP contribution in [0.1, 0.15) is 25.3 Å². The number of ether oxygens (including phenoxy) is 1. The Labute approximate surface area is 290 Å². The quantitative estimate of drug-likeness (QED) is 0.155. The van der Waals surface area contributed by atoms with Crippen LogP contribution in [0.2, 0.25) is 0 Å². The molecule has 0 radical (unpaired) electrons. The molecule has 0 bridgehead atoms. The Morgan fingerprint density at radius 1 is 0.958 bits per heavy atom. The summed E-state index contributed by atoms with van der Waals surface area (Å²) in [6, 6.07) is 11.1. The van der Waals surface area contributed by atoms with Crippen LogP contribution < -0.4 is 24.6 Å². The van der Waals surface area contributed by atoms with Crippen LogP contribution in [0.4, 0.5) is 34.5 Å². The van der Waals surface area contributed by atoms with Gasteiger partial charge in [0.2, 0.25) is 5.95 Å². The summed E-state index contributed by atoms with van der Waals surface area (Å²) >= 11 is 3.23. The van der Waals surface area contributed by atoms with Crippen molar-refractivity contribution in [3.8, 4) is 5.75 Å². The van der Waals surface area contributed by atoms with Crippen LogP contribution >= 0.6 is 23.3 Å². The lowest BCUT2D eigenvalue weighted by Gasteiger charge is -2.43. The molecule has 0 atom stereocenters. The molecule has 3 aromatic heterocycles. The van der Waals surface area contributed by atoms with E-state index < -0.39 is 0 Å². The number of likely N-dealkylation sites (N-methyl/N-ethyl adjacent to an activating group) is 1. The highest BCUT2D eigenvalue weighted by Gasteiger charge is 2.28. The number of hydrogen-bond donors (Lipinski definition) is 2. The normalized spacial score (nSPS) is 16.5. The standard InChI is InChI=1S/C35H44N10OS2/c1-6-23-21-28(30(46-4)22-29(23)45-14-9-24(10-15-45)44-18-16-42(2)17-19-44)40-35-39-27-11-20-48-33(27)34(41-35)38-26-8-7-25-31(37-13-12-36-25)32(26)43(3)47-5/h7-8,11-13,20-22,24H,6,9-10,14-19H2,1-5H3,(H2,38,39,40,41). The van der Waals surface area contributed by atoms with Crippen LogP contribution in [-0.2, 0) is 6.42 Å². The van der Waals surface area contributed by atoms with Gasteiger partial charge in [0.05, 0.1) is 39.9 Å². The molecular formula is C35H44N10OS2. The number of piperazine rings is 1. The fourth-order valence-electron chi connectivity index (χ4n) is 6.90. The number of nitrogens with one attached hydrogen (secondary N) is 2. The van der Waals surface area contributed by atoms with Crippen LogP contribution in [0.15, 0.2) is 48.1 Å². The van der Waals surface area contributed by atoms with Crippen LogP contribution in [-0.4, -0.2) is 103 Å². The Bertz CT molecular complexity index is 1880. The molecule has 0 aliphatic carbocycles. The topological polar surface area (TPSA) is 97.8 Å². The predicted octanol–water partition coefficient (Wildman–Crippen LogP) is 6.62. The summed E-state index contributed by atoms with van der Waals surface area (Å²) in [5.74, 6) is 2.01. The van der Waals surface area contributed by atoms with Crippen molar-refractivity contribution in [3.63, 3.8) is 0 Å². The predicted molar refractivity (Wildman–Crippen MR) is 202 cm³/mol. The molecule has 0 unspecified atom stereocenters. The lowest BCUT2D eigenvalue weighted by atomic mass is 9.99. The summed E-state index contributed by atoms with van der Waals surface area (Å²) in [7, 11) is 5.99. The second-order valence-electron chi connectivity index (χ2n) is 12.4. The average molecular weight is 685 g/mol. The van der Waals surface area contributed by atoms with Gasteiger partial charge in [0, 0.05) is 82.8 Å². The minimum atomic E-state index is 0.504. The van der Waals surface area contributed by atoms with E-state index in [1.54, 1.807) is 42.8 Å². The number of hydrogen-bond acceptors (Lipinski definition) is 13. The van der Waals surface area contributed by atoms with Crippen molar-refractivity contribution in [2.45, 2.75) is 32.2 Å². The molecule has 2 fully saturated rings. The molecule has 2 aromatic carbocycles. The first kappa shape index (κ1) is 32.6. The molecule has 252 valence electrons. The zero-order chi connectivity index (χ0) is 33.2. The maximum absolute atomic E-state index is 5.98. The smallest absolute Gasteiger partial charge is 0.229 e. The van der Waals surface area contributed by atoms with Gasteiger partial charge in [-0.2, -0.15) is 4.98 Å². The maximum atomic E-state index is 5.98. The summed E-state index contributed by atoms with van der Waals surface area (Å²) in [5, 5.41) is 9.19. The van der Waals surface area contributed by atoms with E-state index in [4.69, 9.17) is 14.7 Å². The van der Waals surface area contributed by atoms with Gasteiger partial charge in [-0.1, -0.05) is 18.9 Å². The van der Waals surface area contributed by atoms with E-state index in [-0.39, 0.29) is 0 Å². The number of nitrogens with zero attached hydrogens (tertiary/aromatic N) is 8. The summed E-state index contributed by atoms with van der Waals surface area (Å²) in [6.07, 6.45) is 8.80. The Hall–Kier alpha value is -3.91. The monoisotopic (exact) mass is 684 g/mol. The molecule has 2 saturated heterocycles. The number of anilines is 6. The van der Waals surface area contributed by atoms with Crippen molar-refractivity contribution in [1.82, 2.24) is 29.7 Å². The number of benzene rings is 2. The summed E-state index contributed by atoms with van der Waals surface area (Å²) in [5.41, 5.74) is 7.78. The van der Waals surface area contributed by atoms with Crippen molar-refractivity contribution in [2.24, 2.45) is 0 Å². The summed E-state index contributed by atoms with van der Waals surface area (Å²) in [4.78, 5) is 26.8. The van der Waals surface area contributed by atoms with E-state index in [1.165, 1.54) is 50.3 Å². The lowest BCUT2D eigenvalue weighted by molar-refractivity contribution is 0.0982.